The molecule has 1 N–H and O–H groups in total. The smallest absolute Gasteiger partial charge is 0.150 e. The summed E-state index contributed by atoms with van der Waals surface area (Å²) in [6.45, 7) is 3.05. The Hall–Kier alpha value is -1.92. The number of fused-ring (bicyclic) bond motifs is 1. The lowest BCUT2D eigenvalue weighted by Crippen LogP contribution is -2.31. The summed E-state index contributed by atoms with van der Waals surface area (Å²) in [4.78, 5) is 11.3. The molecule has 0 unspecified atom stereocenters. The molecule has 0 saturated carbocycles. The average molecular weight is 329 g/mol. The van der Waals surface area contributed by atoms with E-state index in [2.05, 4.69) is 27.2 Å². The van der Waals surface area contributed by atoms with Crippen molar-refractivity contribution in [2.24, 2.45) is 0 Å². The van der Waals surface area contributed by atoms with E-state index in [4.69, 9.17) is 4.42 Å². The summed E-state index contributed by atoms with van der Waals surface area (Å²) in [6.07, 6.45) is 5.52. The Morgan fingerprint density at radius 3 is 3.22 bits per heavy atom. The highest BCUT2D eigenvalue weighted by atomic mass is 32.1. The zero-order chi connectivity index (χ0) is 15.8. The van der Waals surface area contributed by atoms with Crippen LogP contribution in [0.3, 0.4) is 0 Å². The van der Waals surface area contributed by atoms with Gasteiger partial charge in [-0.05, 0) is 42.8 Å². The van der Waals surface area contributed by atoms with Crippen LogP contribution in [-0.2, 0) is 0 Å². The van der Waals surface area contributed by atoms with Crippen molar-refractivity contribution in [2.45, 2.75) is 38.3 Å². The van der Waals surface area contributed by atoms with Gasteiger partial charge in [0.2, 0.25) is 0 Å². The first kappa shape index (κ1) is 14.7. The van der Waals surface area contributed by atoms with E-state index in [1.807, 2.05) is 12.1 Å². The molecule has 4 heterocycles. The fourth-order valence-electron chi connectivity index (χ4n) is 3.38. The molecule has 5 nitrogen and oxygen atoms in total. The lowest BCUT2D eigenvalue weighted by Gasteiger charge is -2.27. The molecule has 0 amide bonds. The summed E-state index contributed by atoms with van der Waals surface area (Å²) in [7, 11) is 0. The van der Waals surface area contributed by atoms with Crippen LogP contribution < -0.4 is 4.90 Å². The number of furan rings is 1. The van der Waals surface area contributed by atoms with Crippen LogP contribution >= 0.6 is 11.3 Å². The maximum absolute atomic E-state index is 10.4. The van der Waals surface area contributed by atoms with Gasteiger partial charge in [0.05, 0.1) is 16.5 Å². The van der Waals surface area contributed by atoms with Crippen LogP contribution in [0.1, 0.15) is 36.7 Å². The number of aromatic nitrogens is 2. The number of aliphatic hydroxyl groups is 1. The summed E-state index contributed by atoms with van der Waals surface area (Å²) in [5.74, 6) is 1.64. The molecular weight excluding hydrogens is 310 g/mol. The predicted octanol–water partition coefficient (Wildman–Crippen LogP) is 3.69. The molecule has 4 rings (SSSR count). The van der Waals surface area contributed by atoms with Crippen molar-refractivity contribution >= 4 is 27.4 Å². The van der Waals surface area contributed by atoms with Crippen molar-refractivity contribution < 1.29 is 9.52 Å². The van der Waals surface area contributed by atoms with E-state index >= 15 is 0 Å². The van der Waals surface area contributed by atoms with Gasteiger partial charge in [0.25, 0.3) is 0 Å². The Morgan fingerprint density at radius 1 is 1.48 bits per heavy atom. The largest absolute Gasteiger partial charge is 0.467 e. The van der Waals surface area contributed by atoms with Gasteiger partial charge >= 0.3 is 0 Å². The van der Waals surface area contributed by atoms with Crippen molar-refractivity contribution in [3.63, 3.8) is 0 Å². The van der Waals surface area contributed by atoms with Crippen LogP contribution in [0.2, 0.25) is 0 Å². The highest BCUT2D eigenvalue weighted by molar-refractivity contribution is 7.18. The molecule has 0 aromatic carbocycles. The molecule has 0 spiro atoms. The lowest BCUT2D eigenvalue weighted by atomic mass is 10.1. The first-order chi connectivity index (χ1) is 11.2. The molecule has 0 bridgehead atoms. The van der Waals surface area contributed by atoms with Crippen molar-refractivity contribution in [3.05, 3.63) is 41.4 Å². The third-order valence-corrected chi connectivity index (χ3v) is 5.61. The number of thiophene rings is 1. The Labute approximate surface area is 138 Å². The zero-order valence-corrected chi connectivity index (χ0v) is 13.8. The number of hydrogen-bond donors (Lipinski definition) is 1. The van der Waals surface area contributed by atoms with Gasteiger partial charge in [-0.2, -0.15) is 0 Å². The maximum Gasteiger partial charge on any atom is 0.150 e. The van der Waals surface area contributed by atoms with E-state index in [9.17, 15) is 5.11 Å². The van der Waals surface area contributed by atoms with Gasteiger partial charge in [-0.25, -0.2) is 9.97 Å². The number of hydrogen-bond acceptors (Lipinski definition) is 6. The molecule has 1 aliphatic rings. The molecule has 23 heavy (non-hydrogen) atoms. The number of anilines is 1. The van der Waals surface area contributed by atoms with Crippen LogP contribution in [0.15, 0.2) is 34.5 Å². The summed E-state index contributed by atoms with van der Waals surface area (Å²) >= 11 is 1.70. The Morgan fingerprint density at radius 2 is 2.39 bits per heavy atom. The molecule has 6 heteroatoms. The minimum atomic E-state index is -0.571. The van der Waals surface area contributed by atoms with Gasteiger partial charge in [0, 0.05) is 19.0 Å². The summed E-state index contributed by atoms with van der Waals surface area (Å²) in [6, 6.07) is 3.92. The maximum atomic E-state index is 10.4. The van der Waals surface area contributed by atoms with Gasteiger partial charge in [-0.1, -0.05) is 0 Å². The van der Waals surface area contributed by atoms with Crippen LogP contribution in [0.4, 0.5) is 5.82 Å². The third kappa shape index (κ3) is 2.62. The van der Waals surface area contributed by atoms with Crippen molar-refractivity contribution in [1.82, 2.24) is 9.97 Å². The number of nitrogens with zero attached hydrogens (tertiary/aromatic N) is 3. The van der Waals surface area contributed by atoms with Gasteiger partial charge < -0.3 is 14.4 Å². The van der Waals surface area contributed by atoms with Gasteiger partial charge in [0.1, 0.15) is 24.0 Å². The molecule has 1 aliphatic heterocycles. The molecule has 3 aromatic rings. The summed E-state index contributed by atoms with van der Waals surface area (Å²) in [5, 5.41) is 12.5. The number of rotatable bonds is 4. The second-order valence-corrected chi connectivity index (χ2v) is 6.93. The van der Waals surface area contributed by atoms with Gasteiger partial charge in [-0.15, -0.1) is 11.3 Å². The molecule has 0 radical (unpaired) electrons. The van der Waals surface area contributed by atoms with Crippen LogP contribution in [0.25, 0.3) is 10.2 Å². The molecule has 2 atom stereocenters. The predicted molar refractivity (Wildman–Crippen MR) is 90.8 cm³/mol. The molecule has 1 saturated heterocycles. The van der Waals surface area contributed by atoms with Crippen molar-refractivity contribution in [1.29, 1.82) is 0 Å². The fraction of sp³-hybridized carbons (Fsp3) is 0.412. The SMILES string of the molecule is Cc1csc2c(N3CCC[C@H]3C[C@H](O)c3ccco3)ncnc12. The first-order valence-electron chi connectivity index (χ1n) is 7.91. The minimum Gasteiger partial charge on any atom is -0.467 e. The normalized spacial score (nSPS) is 19.6. The average Bonchev–Trinajstić information content (AvgIpc) is 3.28. The molecule has 0 aliphatic carbocycles. The minimum absolute atomic E-state index is 0.274. The second kappa shape index (κ2) is 5.94. The highest BCUT2D eigenvalue weighted by Gasteiger charge is 2.30. The second-order valence-electron chi connectivity index (χ2n) is 6.05. The van der Waals surface area contributed by atoms with E-state index in [-0.39, 0.29) is 6.04 Å². The third-order valence-electron chi connectivity index (χ3n) is 4.53. The van der Waals surface area contributed by atoms with Crippen molar-refractivity contribution in [2.75, 3.05) is 11.4 Å². The van der Waals surface area contributed by atoms with E-state index in [1.54, 1.807) is 23.9 Å². The standard InChI is InChI=1S/C17H19N3O2S/c1-11-9-23-16-15(11)18-10-19-17(16)20-6-2-4-12(20)8-13(21)14-5-3-7-22-14/h3,5,7,9-10,12-13,21H,2,4,6,8H2,1H3/t12-,13-/m0/s1. The summed E-state index contributed by atoms with van der Waals surface area (Å²) in [5.41, 5.74) is 2.23. The van der Waals surface area contributed by atoms with Crippen molar-refractivity contribution in [3.8, 4) is 0 Å². The monoisotopic (exact) mass is 329 g/mol. The molecule has 1 fully saturated rings. The fourth-order valence-corrected chi connectivity index (χ4v) is 4.38. The lowest BCUT2D eigenvalue weighted by molar-refractivity contribution is 0.132. The van der Waals surface area contributed by atoms with Crippen LogP contribution in [0.5, 0.6) is 0 Å². The van der Waals surface area contributed by atoms with Gasteiger partial charge in [0.15, 0.2) is 0 Å². The summed E-state index contributed by atoms with van der Waals surface area (Å²) < 4.78 is 6.47. The molecule has 120 valence electrons. The topological polar surface area (TPSA) is 62.4 Å². The Balaban J connectivity index is 1.62. The Kier molecular flexibility index (Phi) is 3.79. The van der Waals surface area contributed by atoms with E-state index in [1.165, 1.54) is 5.56 Å². The van der Waals surface area contributed by atoms with Crippen LogP contribution in [-0.4, -0.2) is 27.7 Å². The zero-order valence-electron chi connectivity index (χ0n) is 13.0. The highest BCUT2D eigenvalue weighted by Crippen LogP contribution is 2.36. The van der Waals surface area contributed by atoms with E-state index in [0.29, 0.717) is 12.2 Å². The number of aliphatic hydroxyl groups excluding tert-OH is 1. The first-order valence-corrected chi connectivity index (χ1v) is 8.79. The number of aryl methyl sites for hydroxylation is 1. The van der Waals surface area contributed by atoms with E-state index < -0.39 is 6.10 Å². The van der Waals surface area contributed by atoms with Crippen LogP contribution in [0, 0.1) is 6.92 Å². The Bertz CT molecular complexity index is 799. The molecular formula is C17H19N3O2S. The van der Waals surface area contributed by atoms with Gasteiger partial charge in [-0.3, -0.25) is 0 Å². The quantitative estimate of drug-likeness (QED) is 0.791. The van der Waals surface area contributed by atoms with E-state index in [0.717, 1.165) is 35.4 Å². The molecule has 3 aromatic heterocycles.